The second-order valence-electron chi connectivity index (χ2n) is 3.97. The van der Waals surface area contributed by atoms with E-state index in [1.165, 1.54) is 0 Å². The minimum atomic E-state index is -1.03. The Morgan fingerprint density at radius 3 is 2.88 bits per heavy atom. The first-order valence-corrected chi connectivity index (χ1v) is 4.92. The summed E-state index contributed by atoms with van der Waals surface area (Å²) in [5.74, 6) is -1.09. The quantitative estimate of drug-likeness (QED) is 0.577. The summed E-state index contributed by atoms with van der Waals surface area (Å²) in [5, 5.41) is 8.89. The van der Waals surface area contributed by atoms with Crippen molar-refractivity contribution in [3.8, 4) is 0 Å². The van der Waals surface area contributed by atoms with Crippen molar-refractivity contribution in [1.29, 1.82) is 0 Å². The standard InChI is InChI=1S/C9H12FN3O3/c10-5-2-13(9(16)12-8(5)15)6-1-4(3-14)7(6)11/h2,4,6-7,14H,1,3,11H2,(H,12,15,16)/t4-,6-,7-/m1/s1. The van der Waals surface area contributed by atoms with Crippen LogP contribution in [0.15, 0.2) is 15.8 Å². The molecular weight excluding hydrogens is 217 g/mol. The monoisotopic (exact) mass is 229 g/mol. The van der Waals surface area contributed by atoms with Crippen molar-refractivity contribution in [2.45, 2.75) is 18.5 Å². The van der Waals surface area contributed by atoms with Gasteiger partial charge in [0.25, 0.3) is 5.56 Å². The van der Waals surface area contributed by atoms with Crippen LogP contribution in [0.2, 0.25) is 0 Å². The van der Waals surface area contributed by atoms with Gasteiger partial charge in [0.1, 0.15) is 0 Å². The zero-order chi connectivity index (χ0) is 11.9. The third-order valence-electron chi connectivity index (χ3n) is 3.05. The van der Waals surface area contributed by atoms with E-state index in [2.05, 4.69) is 0 Å². The van der Waals surface area contributed by atoms with Gasteiger partial charge in [0.15, 0.2) is 0 Å². The van der Waals surface area contributed by atoms with Crippen molar-refractivity contribution in [1.82, 2.24) is 9.55 Å². The van der Waals surface area contributed by atoms with Crippen LogP contribution in [0.4, 0.5) is 4.39 Å². The zero-order valence-electron chi connectivity index (χ0n) is 8.39. The molecule has 6 nitrogen and oxygen atoms in total. The number of H-pyrrole nitrogens is 1. The first kappa shape index (κ1) is 11.0. The van der Waals surface area contributed by atoms with Crippen LogP contribution in [-0.2, 0) is 0 Å². The van der Waals surface area contributed by atoms with Gasteiger partial charge in [0, 0.05) is 18.6 Å². The fourth-order valence-electron chi connectivity index (χ4n) is 1.95. The number of halogens is 1. The molecule has 0 saturated heterocycles. The van der Waals surface area contributed by atoms with Gasteiger partial charge >= 0.3 is 5.69 Å². The topological polar surface area (TPSA) is 101 Å². The van der Waals surface area contributed by atoms with E-state index in [1.54, 1.807) is 0 Å². The number of rotatable bonds is 2. The second-order valence-corrected chi connectivity index (χ2v) is 3.97. The maximum absolute atomic E-state index is 13.0. The molecule has 1 aromatic rings. The molecule has 4 N–H and O–H groups in total. The lowest BCUT2D eigenvalue weighted by Gasteiger charge is -2.42. The number of hydrogen-bond donors (Lipinski definition) is 3. The van der Waals surface area contributed by atoms with Gasteiger partial charge in [-0.3, -0.25) is 14.3 Å². The minimum Gasteiger partial charge on any atom is -0.396 e. The Hall–Kier alpha value is -1.47. The van der Waals surface area contributed by atoms with Crippen LogP contribution in [0.25, 0.3) is 0 Å². The van der Waals surface area contributed by atoms with E-state index >= 15 is 0 Å². The lowest BCUT2D eigenvalue weighted by Crippen LogP contribution is -2.54. The first-order chi connectivity index (χ1) is 7.54. The summed E-state index contributed by atoms with van der Waals surface area (Å²) in [5.41, 5.74) is 4.02. The van der Waals surface area contributed by atoms with Crippen LogP contribution in [-0.4, -0.2) is 27.3 Å². The Morgan fingerprint density at radius 1 is 1.62 bits per heavy atom. The largest absolute Gasteiger partial charge is 0.396 e. The SMILES string of the molecule is N[C@@H]1[C@@H](CO)C[C@H]1n1cc(F)c(=O)[nH]c1=O. The summed E-state index contributed by atoms with van der Waals surface area (Å²) in [7, 11) is 0. The highest BCUT2D eigenvalue weighted by Gasteiger charge is 2.39. The van der Waals surface area contributed by atoms with Gasteiger partial charge in [-0.1, -0.05) is 0 Å². The highest BCUT2D eigenvalue weighted by Crippen LogP contribution is 2.35. The summed E-state index contributed by atoms with van der Waals surface area (Å²) in [4.78, 5) is 24.1. The number of nitrogens with one attached hydrogen (secondary N) is 1. The molecule has 1 heterocycles. The van der Waals surface area contributed by atoms with Crippen molar-refractivity contribution in [3.05, 3.63) is 32.9 Å². The number of nitrogens with two attached hydrogens (primary N) is 1. The number of aliphatic hydroxyl groups is 1. The molecule has 0 radical (unpaired) electrons. The molecule has 3 atom stereocenters. The number of aromatic nitrogens is 2. The molecule has 1 aromatic heterocycles. The lowest BCUT2D eigenvalue weighted by atomic mass is 9.75. The van der Waals surface area contributed by atoms with Gasteiger partial charge in [-0.2, -0.15) is 4.39 Å². The highest BCUT2D eigenvalue weighted by molar-refractivity contribution is 5.00. The van der Waals surface area contributed by atoms with Crippen molar-refractivity contribution >= 4 is 0 Å². The van der Waals surface area contributed by atoms with Gasteiger partial charge in [-0.15, -0.1) is 0 Å². The molecule has 0 aromatic carbocycles. The van der Waals surface area contributed by atoms with Crippen molar-refractivity contribution < 1.29 is 9.50 Å². The van der Waals surface area contributed by atoms with Crippen LogP contribution < -0.4 is 17.0 Å². The Bertz CT molecular complexity index is 509. The summed E-state index contributed by atoms with van der Waals surface area (Å²) in [6.07, 6.45) is 1.36. The summed E-state index contributed by atoms with van der Waals surface area (Å²) in [6.45, 7) is -0.0573. The Kier molecular flexibility index (Phi) is 2.64. The molecule has 0 bridgehead atoms. The molecule has 1 aliphatic carbocycles. The molecule has 0 aliphatic heterocycles. The molecule has 88 valence electrons. The zero-order valence-corrected chi connectivity index (χ0v) is 8.39. The maximum Gasteiger partial charge on any atom is 0.328 e. The van der Waals surface area contributed by atoms with Crippen LogP contribution in [0.5, 0.6) is 0 Å². The Labute approximate surface area is 89.5 Å². The highest BCUT2D eigenvalue weighted by atomic mass is 19.1. The molecule has 16 heavy (non-hydrogen) atoms. The molecular formula is C9H12FN3O3. The summed E-state index contributed by atoms with van der Waals surface area (Å²) >= 11 is 0. The van der Waals surface area contributed by atoms with Crippen molar-refractivity contribution in [3.63, 3.8) is 0 Å². The third-order valence-corrected chi connectivity index (χ3v) is 3.05. The van der Waals surface area contributed by atoms with Gasteiger partial charge < -0.3 is 10.8 Å². The predicted molar refractivity (Wildman–Crippen MR) is 53.5 cm³/mol. The Morgan fingerprint density at radius 2 is 2.31 bits per heavy atom. The van der Waals surface area contributed by atoms with Crippen molar-refractivity contribution in [2.75, 3.05) is 6.61 Å². The summed E-state index contributed by atoms with van der Waals surface area (Å²) < 4.78 is 14.1. The molecule has 1 fully saturated rings. The predicted octanol–water partition coefficient (Wildman–Crippen LogP) is -1.44. The average molecular weight is 229 g/mol. The van der Waals surface area contributed by atoms with Crippen LogP contribution in [0.3, 0.4) is 0 Å². The molecule has 0 amide bonds. The number of aliphatic hydroxyl groups excluding tert-OH is 1. The number of aromatic amines is 1. The van der Waals surface area contributed by atoms with E-state index in [0.717, 1.165) is 10.8 Å². The van der Waals surface area contributed by atoms with E-state index in [4.69, 9.17) is 10.8 Å². The van der Waals surface area contributed by atoms with Crippen molar-refractivity contribution in [2.24, 2.45) is 11.7 Å². The van der Waals surface area contributed by atoms with E-state index in [9.17, 15) is 14.0 Å². The lowest BCUT2D eigenvalue weighted by molar-refractivity contribution is 0.0792. The average Bonchev–Trinajstić information content (AvgIpc) is 2.24. The van der Waals surface area contributed by atoms with Crippen LogP contribution in [0.1, 0.15) is 12.5 Å². The molecule has 7 heteroatoms. The molecule has 1 aliphatic rings. The van der Waals surface area contributed by atoms with E-state index < -0.39 is 23.1 Å². The molecule has 0 spiro atoms. The smallest absolute Gasteiger partial charge is 0.328 e. The maximum atomic E-state index is 13.0. The molecule has 2 rings (SSSR count). The first-order valence-electron chi connectivity index (χ1n) is 4.92. The fraction of sp³-hybridized carbons (Fsp3) is 0.556. The third kappa shape index (κ3) is 1.57. The molecule has 1 saturated carbocycles. The fourth-order valence-corrected chi connectivity index (χ4v) is 1.95. The minimum absolute atomic E-state index is 0.0573. The van der Waals surface area contributed by atoms with E-state index in [1.807, 2.05) is 4.98 Å². The van der Waals surface area contributed by atoms with Gasteiger partial charge in [0.05, 0.1) is 12.2 Å². The van der Waals surface area contributed by atoms with Gasteiger partial charge in [-0.25, -0.2) is 4.79 Å². The van der Waals surface area contributed by atoms with E-state index in [-0.39, 0.29) is 18.6 Å². The summed E-state index contributed by atoms with van der Waals surface area (Å²) in [6, 6.07) is -0.760. The van der Waals surface area contributed by atoms with E-state index in [0.29, 0.717) is 6.42 Å². The van der Waals surface area contributed by atoms with Crippen LogP contribution in [0, 0.1) is 11.7 Å². The van der Waals surface area contributed by atoms with Crippen LogP contribution >= 0.6 is 0 Å². The molecule has 0 unspecified atom stereocenters. The van der Waals surface area contributed by atoms with Gasteiger partial charge in [0.2, 0.25) is 5.82 Å². The Balaban J connectivity index is 2.33. The van der Waals surface area contributed by atoms with Gasteiger partial charge in [-0.05, 0) is 6.42 Å². The number of nitrogens with zero attached hydrogens (tertiary/aromatic N) is 1. The number of hydrogen-bond acceptors (Lipinski definition) is 4. The normalized spacial score (nSPS) is 28.8. The second kappa shape index (κ2) is 3.84.